The third-order valence-corrected chi connectivity index (χ3v) is 5.18. The molecule has 0 aliphatic heterocycles. The lowest BCUT2D eigenvalue weighted by molar-refractivity contribution is 0.513. The standard InChI is InChI=1S/C15H26NP/c1-13-12-16-15(17-13)14-10-8-6-4-2-3-5-7-9-11-14/h12,14,16H,2-11H2,1H3. The fourth-order valence-corrected chi connectivity index (χ4v) is 3.98. The van der Waals surface area contributed by atoms with Gasteiger partial charge in [0.05, 0.1) is 0 Å². The van der Waals surface area contributed by atoms with Gasteiger partial charge in [-0.2, -0.15) is 0 Å². The molecule has 1 nitrogen and oxygen atoms in total. The highest BCUT2D eigenvalue weighted by molar-refractivity contribution is 7.31. The Morgan fingerprint density at radius 1 is 0.941 bits per heavy atom. The van der Waals surface area contributed by atoms with Crippen LogP contribution in [0.4, 0.5) is 0 Å². The van der Waals surface area contributed by atoms with Crippen LogP contribution in [-0.2, 0) is 0 Å². The Hall–Kier alpha value is -0.290. The monoisotopic (exact) mass is 251 g/mol. The van der Waals surface area contributed by atoms with Crippen molar-refractivity contribution in [3.63, 3.8) is 0 Å². The van der Waals surface area contributed by atoms with E-state index in [9.17, 15) is 0 Å². The summed E-state index contributed by atoms with van der Waals surface area (Å²) < 4.78 is 0. The summed E-state index contributed by atoms with van der Waals surface area (Å²) >= 11 is 0. The normalized spacial score (nSPS) is 21.5. The Kier molecular flexibility index (Phi) is 5.58. The van der Waals surface area contributed by atoms with E-state index in [2.05, 4.69) is 18.1 Å². The summed E-state index contributed by atoms with van der Waals surface area (Å²) in [5.74, 6) is 0.837. The molecule has 0 bridgehead atoms. The third-order valence-electron chi connectivity index (χ3n) is 3.97. The summed E-state index contributed by atoms with van der Waals surface area (Å²) in [6, 6.07) is 0. The van der Waals surface area contributed by atoms with Gasteiger partial charge in [0, 0.05) is 17.5 Å². The smallest absolute Gasteiger partial charge is 0.0458 e. The fraction of sp³-hybridized carbons (Fsp3) is 0.800. The zero-order valence-corrected chi connectivity index (χ0v) is 12.1. The molecule has 1 aromatic rings. The van der Waals surface area contributed by atoms with E-state index in [1.54, 1.807) is 5.43 Å². The van der Waals surface area contributed by atoms with Crippen LogP contribution in [0.15, 0.2) is 6.20 Å². The van der Waals surface area contributed by atoms with Crippen LogP contribution in [0.1, 0.15) is 80.8 Å². The molecule has 1 aliphatic rings. The summed E-state index contributed by atoms with van der Waals surface area (Å²) in [6.45, 7) is 2.23. The highest BCUT2D eigenvalue weighted by Crippen LogP contribution is 2.34. The number of aromatic nitrogens is 1. The summed E-state index contributed by atoms with van der Waals surface area (Å²) in [6.07, 6.45) is 16.7. The predicted molar refractivity (Wildman–Crippen MR) is 77.0 cm³/mol. The van der Waals surface area contributed by atoms with Gasteiger partial charge >= 0.3 is 0 Å². The van der Waals surface area contributed by atoms with Crippen molar-refractivity contribution in [2.24, 2.45) is 0 Å². The van der Waals surface area contributed by atoms with Gasteiger partial charge in [0.2, 0.25) is 0 Å². The Labute approximate surface area is 108 Å². The van der Waals surface area contributed by atoms with E-state index >= 15 is 0 Å². The molecule has 1 fully saturated rings. The van der Waals surface area contributed by atoms with Crippen molar-refractivity contribution in [3.8, 4) is 0 Å². The number of H-pyrrole nitrogens is 1. The van der Waals surface area contributed by atoms with E-state index in [-0.39, 0.29) is 0 Å². The van der Waals surface area contributed by atoms with E-state index in [1.165, 1.54) is 77.7 Å². The molecule has 1 N–H and O–H groups in total. The van der Waals surface area contributed by atoms with Crippen LogP contribution in [0.2, 0.25) is 0 Å². The van der Waals surface area contributed by atoms with Gasteiger partial charge in [0.1, 0.15) is 0 Å². The fourth-order valence-electron chi connectivity index (χ4n) is 2.90. The largest absolute Gasteiger partial charge is 0.360 e. The van der Waals surface area contributed by atoms with Crippen molar-refractivity contribution < 1.29 is 0 Å². The van der Waals surface area contributed by atoms with Crippen LogP contribution < -0.4 is 0 Å². The molecule has 0 spiro atoms. The third kappa shape index (κ3) is 4.47. The van der Waals surface area contributed by atoms with Gasteiger partial charge in [0.15, 0.2) is 0 Å². The number of hydrogen-bond acceptors (Lipinski definition) is 0. The molecule has 2 heteroatoms. The van der Waals surface area contributed by atoms with E-state index in [1.807, 2.05) is 0 Å². The Morgan fingerprint density at radius 3 is 1.94 bits per heavy atom. The average molecular weight is 251 g/mol. The number of rotatable bonds is 1. The van der Waals surface area contributed by atoms with Gasteiger partial charge in [-0.1, -0.05) is 51.4 Å². The van der Waals surface area contributed by atoms with Crippen molar-refractivity contribution in [2.45, 2.75) is 77.0 Å². The Bertz CT molecular complexity index is 306. The van der Waals surface area contributed by atoms with Crippen molar-refractivity contribution in [2.75, 3.05) is 0 Å². The number of aryl methyl sites for hydroxylation is 1. The molecule has 1 aromatic heterocycles. The van der Waals surface area contributed by atoms with Crippen LogP contribution in [-0.4, -0.2) is 4.98 Å². The van der Waals surface area contributed by atoms with Crippen molar-refractivity contribution in [1.82, 2.24) is 4.98 Å². The molecule has 0 radical (unpaired) electrons. The molecule has 96 valence electrons. The highest BCUT2D eigenvalue weighted by Gasteiger charge is 2.13. The molecule has 2 rings (SSSR count). The second-order valence-electron chi connectivity index (χ2n) is 5.53. The number of nitrogens with one attached hydrogen (secondary N) is 1. The van der Waals surface area contributed by atoms with Crippen molar-refractivity contribution in [3.05, 3.63) is 16.9 Å². The van der Waals surface area contributed by atoms with Crippen molar-refractivity contribution >= 4 is 8.19 Å². The maximum Gasteiger partial charge on any atom is 0.0458 e. The van der Waals surface area contributed by atoms with Gasteiger partial charge in [-0.05, 0) is 33.3 Å². The Morgan fingerprint density at radius 2 is 1.47 bits per heavy atom. The number of hydrogen-bond donors (Lipinski definition) is 1. The van der Waals surface area contributed by atoms with E-state index < -0.39 is 0 Å². The van der Waals surface area contributed by atoms with Gasteiger partial charge in [-0.3, -0.25) is 0 Å². The topological polar surface area (TPSA) is 15.8 Å². The van der Waals surface area contributed by atoms with E-state index in [0.717, 1.165) is 5.92 Å². The molecule has 0 unspecified atom stereocenters. The van der Waals surface area contributed by atoms with Crippen LogP contribution in [0, 0.1) is 6.92 Å². The molecular formula is C15H26NP. The molecule has 1 aliphatic carbocycles. The SMILES string of the molecule is Cc1c[nH]c(C2CCCCCCCCCC2)p1. The minimum atomic E-state index is 0.837. The number of aromatic amines is 1. The average Bonchev–Trinajstić information content (AvgIpc) is 2.72. The molecule has 0 aromatic carbocycles. The highest BCUT2D eigenvalue weighted by atomic mass is 31.0. The van der Waals surface area contributed by atoms with Gasteiger partial charge < -0.3 is 4.98 Å². The summed E-state index contributed by atoms with van der Waals surface area (Å²) in [7, 11) is 1.47. The second kappa shape index (κ2) is 7.21. The quantitative estimate of drug-likeness (QED) is 0.639. The minimum absolute atomic E-state index is 0.837. The van der Waals surface area contributed by atoms with E-state index in [4.69, 9.17) is 0 Å². The van der Waals surface area contributed by atoms with Crippen LogP contribution in [0.5, 0.6) is 0 Å². The van der Waals surface area contributed by atoms with Gasteiger partial charge in [0.25, 0.3) is 0 Å². The lowest BCUT2D eigenvalue weighted by Gasteiger charge is -2.14. The minimum Gasteiger partial charge on any atom is -0.360 e. The van der Waals surface area contributed by atoms with E-state index in [0.29, 0.717) is 0 Å². The van der Waals surface area contributed by atoms with Crippen molar-refractivity contribution in [1.29, 1.82) is 0 Å². The summed E-state index contributed by atoms with van der Waals surface area (Å²) in [5.41, 5.74) is 1.58. The van der Waals surface area contributed by atoms with Crippen LogP contribution in [0.3, 0.4) is 0 Å². The molecule has 1 heterocycles. The lowest BCUT2D eigenvalue weighted by Crippen LogP contribution is -1.98. The van der Waals surface area contributed by atoms with Crippen LogP contribution >= 0.6 is 8.19 Å². The predicted octanol–water partition coefficient (Wildman–Crippen LogP) is 5.90. The first-order chi connectivity index (χ1) is 8.36. The lowest BCUT2D eigenvalue weighted by atomic mass is 9.96. The zero-order valence-electron chi connectivity index (χ0n) is 11.2. The second-order valence-corrected chi connectivity index (χ2v) is 6.94. The van der Waals surface area contributed by atoms with Gasteiger partial charge in [-0.15, -0.1) is 0 Å². The maximum absolute atomic E-state index is 3.52. The van der Waals surface area contributed by atoms with Gasteiger partial charge in [-0.25, -0.2) is 0 Å². The molecule has 0 atom stereocenters. The molecular weight excluding hydrogens is 225 g/mol. The first-order valence-corrected chi connectivity index (χ1v) is 8.27. The summed E-state index contributed by atoms with van der Waals surface area (Å²) in [4.78, 5) is 3.52. The molecule has 0 amide bonds. The zero-order chi connectivity index (χ0) is 11.9. The van der Waals surface area contributed by atoms with Crippen LogP contribution in [0.25, 0.3) is 0 Å². The molecule has 17 heavy (non-hydrogen) atoms. The first kappa shape index (κ1) is 13.1. The Balaban J connectivity index is 1.92. The molecule has 0 saturated heterocycles. The molecule has 1 saturated carbocycles. The maximum atomic E-state index is 3.52. The first-order valence-electron chi connectivity index (χ1n) is 7.38. The summed E-state index contributed by atoms with van der Waals surface area (Å²) in [5, 5.41) is 1.48.